The van der Waals surface area contributed by atoms with Gasteiger partial charge in [-0.15, -0.1) is 0 Å². The smallest absolute Gasteiger partial charge is 0.339 e. The lowest BCUT2D eigenvalue weighted by atomic mass is 10.1. The molecule has 1 N–H and O–H groups in total. The molecule has 1 amide bonds. The van der Waals surface area contributed by atoms with Crippen LogP contribution in [0.3, 0.4) is 0 Å². The fourth-order valence-electron chi connectivity index (χ4n) is 2.95. The van der Waals surface area contributed by atoms with Gasteiger partial charge in [0.2, 0.25) is 6.10 Å². The Balaban J connectivity index is 1.81. The molecule has 3 aromatic carbocycles. The second-order valence-electron chi connectivity index (χ2n) is 6.78. The maximum absolute atomic E-state index is 13.0. The van der Waals surface area contributed by atoms with Gasteiger partial charge in [0.05, 0.1) is 12.2 Å². The lowest BCUT2D eigenvalue weighted by molar-refractivity contribution is -0.125. The van der Waals surface area contributed by atoms with E-state index >= 15 is 0 Å². The minimum absolute atomic E-state index is 0.113. The van der Waals surface area contributed by atoms with E-state index in [1.165, 1.54) is 6.92 Å². The lowest BCUT2D eigenvalue weighted by Crippen LogP contribution is -2.26. The summed E-state index contributed by atoms with van der Waals surface area (Å²) in [6.45, 7) is 3.84. The van der Waals surface area contributed by atoms with Crippen LogP contribution in [0.2, 0.25) is 0 Å². The predicted molar refractivity (Wildman–Crippen MR) is 117 cm³/mol. The molecular formula is C25H23NO5. The summed E-state index contributed by atoms with van der Waals surface area (Å²) in [5, 5.41) is 2.73. The number of ketones is 1. The molecule has 0 spiro atoms. The molecule has 0 saturated heterocycles. The largest absolute Gasteiger partial charge is 0.494 e. The van der Waals surface area contributed by atoms with Crippen molar-refractivity contribution in [2.45, 2.75) is 20.0 Å². The summed E-state index contributed by atoms with van der Waals surface area (Å²) in [5.41, 5.74) is 1.74. The van der Waals surface area contributed by atoms with Crippen LogP contribution in [0.15, 0.2) is 78.9 Å². The van der Waals surface area contributed by atoms with Crippen LogP contribution < -0.4 is 10.1 Å². The van der Waals surface area contributed by atoms with E-state index < -0.39 is 18.0 Å². The Labute approximate surface area is 180 Å². The molecule has 158 valence electrons. The molecule has 6 heteroatoms. The van der Waals surface area contributed by atoms with E-state index in [0.29, 0.717) is 34.7 Å². The van der Waals surface area contributed by atoms with Gasteiger partial charge in [-0.1, -0.05) is 42.5 Å². The highest BCUT2D eigenvalue weighted by Gasteiger charge is 2.26. The van der Waals surface area contributed by atoms with Crippen molar-refractivity contribution < 1.29 is 23.9 Å². The highest BCUT2D eigenvalue weighted by molar-refractivity contribution is 6.00. The standard InChI is InChI=1S/C25H23NO5/c1-3-30-22-14-12-19(13-15-22)25(29)31-23(18-8-5-4-6-9-18)24(28)26-21-11-7-10-20(16-21)17(2)27/h4-16,23H,3H2,1-2H3,(H,26,28)/t23-/m1/s1. The van der Waals surface area contributed by atoms with E-state index in [9.17, 15) is 14.4 Å². The van der Waals surface area contributed by atoms with Crippen LogP contribution in [-0.2, 0) is 9.53 Å². The number of esters is 1. The molecular weight excluding hydrogens is 394 g/mol. The van der Waals surface area contributed by atoms with E-state index in [1.807, 2.05) is 13.0 Å². The zero-order valence-corrected chi connectivity index (χ0v) is 17.3. The highest BCUT2D eigenvalue weighted by atomic mass is 16.5. The van der Waals surface area contributed by atoms with Gasteiger partial charge >= 0.3 is 5.97 Å². The fraction of sp³-hybridized carbons (Fsp3) is 0.160. The first-order valence-electron chi connectivity index (χ1n) is 9.88. The molecule has 3 aromatic rings. The second-order valence-corrected chi connectivity index (χ2v) is 6.78. The predicted octanol–water partition coefficient (Wildman–Crippen LogP) is 4.82. The molecule has 1 atom stereocenters. The Kier molecular flexibility index (Phi) is 7.17. The number of rotatable bonds is 8. The van der Waals surface area contributed by atoms with Gasteiger partial charge in [0.15, 0.2) is 5.78 Å². The molecule has 3 rings (SSSR count). The Morgan fingerprint density at radius 2 is 1.58 bits per heavy atom. The number of nitrogens with one attached hydrogen (secondary N) is 1. The number of benzene rings is 3. The number of carbonyl (C=O) groups excluding carboxylic acids is 3. The van der Waals surface area contributed by atoms with E-state index in [0.717, 1.165) is 0 Å². The van der Waals surface area contributed by atoms with Crippen LogP contribution in [0.25, 0.3) is 0 Å². The third-order valence-corrected chi connectivity index (χ3v) is 4.50. The molecule has 0 saturated carbocycles. The molecule has 0 radical (unpaired) electrons. The summed E-state index contributed by atoms with van der Waals surface area (Å²) < 4.78 is 11.0. The number of Topliss-reactive ketones (excluding diaryl/α,β-unsaturated/α-hetero) is 1. The van der Waals surface area contributed by atoms with E-state index in [2.05, 4.69) is 5.32 Å². The summed E-state index contributed by atoms with van der Waals surface area (Å²) in [5.74, 6) is -0.630. The molecule has 0 fully saturated rings. The fourth-order valence-corrected chi connectivity index (χ4v) is 2.95. The third-order valence-electron chi connectivity index (χ3n) is 4.50. The summed E-state index contributed by atoms with van der Waals surface area (Å²) in [7, 11) is 0. The topological polar surface area (TPSA) is 81.7 Å². The van der Waals surface area contributed by atoms with Gasteiger partial charge in [-0.05, 0) is 50.2 Å². The maximum atomic E-state index is 13.0. The molecule has 0 heterocycles. The van der Waals surface area contributed by atoms with Crippen LogP contribution in [0.4, 0.5) is 5.69 Å². The summed E-state index contributed by atoms with van der Waals surface area (Å²) in [6, 6.07) is 21.9. The minimum atomic E-state index is -1.17. The molecule has 6 nitrogen and oxygen atoms in total. The first-order valence-corrected chi connectivity index (χ1v) is 9.88. The van der Waals surface area contributed by atoms with Crippen LogP contribution in [-0.4, -0.2) is 24.3 Å². The van der Waals surface area contributed by atoms with Crippen molar-refractivity contribution in [3.8, 4) is 5.75 Å². The van der Waals surface area contributed by atoms with E-state index in [-0.39, 0.29) is 5.78 Å². The Bertz CT molecular complexity index is 1060. The molecule has 31 heavy (non-hydrogen) atoms. The molecule has 0 aromatic heterocycles. The van der Waals surface area contributed by atoms with Crippen molar-refractivity contribution in [3.63, 3.8) is 0 Å². The SMILES string of the molecule is CCOc1ccc(C(=O)O[C@@H](C(=O)Nc2cccc(C(C)=O)c2)c2ccccc2)cc1. The molecule has 0 aliphatic heterocycles. The maximum Gasteiger partial charge on any atom is 0.339 e. The number of amides is 1. The first-order chi connectivity index (χ1) is 15.0. The van der Waals surface area contributed by atoms with Crippen molar-refractivity contribution in [2.75, 3.05) is 11.9 Å². The number of carbonyl (C=O) groups is 3. The number of anilines is 1. The number of hydrogen-bond donors (Lipinski definition) is 1. The first kappa shape index (κ1) is 21.8. The van der Waals surface area contributed by atoms with Gasteiger partial charge in [0.25, 0.3) is 5.91 Å². The second kappa shape index (κ2) is 10.2. The normalized spacial score (nSPS) is 11.3. The quantitative estimate of drug-likeness (QED) is 0.420. The highest BCUT2D eigenvalue weighted by Crippen LogP contribution is 2.23. The van der Waals surface area contributed by atoms with Crippen LogP contribution in [0.5, 0.6) is 5.75 Å². The van der Waals surface area contributed by atoms with Gasteiger partial charge in [0, 0.05) is 16.8 Å². The Morgan fingerprint density at radius 3 is 2.23 bits per heavy atom. The molecule has 0 bridgehead atoms. The van der Waals surface area contributed by atoms with Gasteiger partial charge in [-0.3, -0.25) is 9.59 Å². The summed E-state index contributed by atoms with van der Waals surface area (Å²) in [6.07, 6.45) is -1.17. The van der Waals surface area contributed by atoms with Gasteiger partial charge in [-0.2, -0.15) is 0 Å². The zero-order chi connectivity index (χ0) is 22.2. The average Bonchev–Trinajstić information content (AvgIpc) is 2.78. The Hall–Kier alpha value is -3.93. The lowest BCUT2D eigenvalue weighted by Gasteiger charge is -2.18. The molecule has 0 aliphatic rings. The van der Waals surface area contributed by atoms with Gasteiger partial charge in [0.1, 0.15) is 5.75 Å². The monoisotopic (exact) mass is 417 g/mol. The number of ether oxygens (including phenoxy) is 2. The van der Waals surface area contributed by atoms with Crippen molar-refractivity contribution >= 4 is 23.3 Å². The summed E-state index contributed by atoms with van der Waals surface area (Å²) >= 11 is 0. The van der Waals surface area contributed by atoms with Crippen LogP contribution >= 0.6 is 0 Å². The van der Waals surface area contributed by atoms with Crippen molar-refractivity contribution in [1.29, 1.82) is 0 Å². The van der Waals surface area contributed by atoms with E-state index in [4.69, 9.17) is 9.47 Å². The van der Waals surface area contributed by atoms with Crippen LogP contribution in [0, 0.1) is 0 Å². The molecule has 0 aliphatic carbocycles. The Morgan fingerprint density at radius 1 is 0.871 bits per heavy atom. The average molecular weight is 417 g/mol. The minimum Gasteiger partial charge on any atom is -0.494 e. The third kappa shape index (κ3) is 5.79. The van der Waals surface area contributed by atoms with Crippen LogP contribution in [0.1, 0.15) is 46.2 Å². The van der Waals surface area contributed by atoms with Crippen molar-refractivity contribution in [2.24, 2.45) is 0 Å². The zero-order valence-electron chi connectivity index (χ0n) is 17.3. The van der Waals surface area contributed by atoms with Crippen molar-refractivity contribution in [3.05, 3.63) is 95.6 Å². The van der Waals surface area contributed by atoms with E-state index in [1.54, 1.807) is 72.8 Å². The van der Waals surface area contributed by atoms with Gasteiger partial charge < -0.3 is 14.8 Å². The molecule has 0 unspecified atom stereocenters. The number of hydrogen-bond acceptors (Lipinski definition) is 5. The van der Waals surface area contributed by atoms with Gasteiger partial charge in [-0.25, -0.2) is 4.79 Å². The van der Waals surface area contributed by atoms with Crippen molar-refractivity contribution in [1.82, 2.24) is 0 Å². The summed E-state index contributed by atoms with van der Waals surface area (Å²) in [4.78, 5) is 37.3.